The van der Waals surface area contributed by atoms with E-state index in [1.165, 1.54) is 35.5 Å². The number of amides is 1. The van der Waals surface area contributed by atoms with Crippen molar-refractivity contribution in [3.63, 3.8) is 0 Å². The number of aromatic hydroxyl groups is 1. The fourth-order valence-electron chi connectivity index (χ4n) is 3.14. The SMILES string of the molecule is C/C(=N\NC(=O)C1CCN(S(=O)(=O)c2ccc(Cl)cc2)CC1)c1c(O)sc(=O)[nH]c1=O. The summed E-state index contributed by atoms with van der Waals surface area (Å²) >= 11 is 6.25. The van der Waals surface area contributed by atoms with E-state index >= 15 is 0 Å². The molecule has 0 spiro atoms. The lowest BCUT2D eigenvalue weighted by atomic mass is 9.98. The molecule has 0 atom stereocenters. The Bertz CT molecular complexity index is 1230. The molecule has 1 aliphatic heterocycles. The summed E-state index contributed by atoms with van der Waals surface area (Å²) in [5, 5.41) is 13.6. The second kappa shape index (κ2) is 9.30. The first-order chi connectivity index (χ1) is 14.6. The summed E-state index contributed by atoms with van der Waals surface area (Å²) in [5.41, 5.74) is 1.37. The van der Waals surface area contributed by atoms with E-state index in [0.29, 0.717) is 29.2 Å². The minimum Gasteiger partial charge on any atom is -0.499 e. The Hall–Kier alpha value is -2.54. The molecule has 0 radical (unpaired) electrons. The van der Waals surface area contributed by atoms with Gasteiger partial charge in [0.05, 0.1) is 10.6 Å². The predicted molar refractivity (Wildman–Crippen MR) is 116 cm³/mol. The van der Waals surface area contributed by atoms with Crippen LogP contribution in [0.4, 0.5) is 0 Å². The smallest absolute Gasteiger partial charge is 0.310 e. The van der Waals surface area contributed by atoms with Crippen LogP contribution in [0.25, 0.3) is 0 Å². The van der Waals surface area contributed by atoms with Crippen LogP contribution in [0.5, 0.6) is 5.06 Å². The van der Waals surface area contributed by atoms with Crippen molar-refractivity contribution in [2.45, 2.75) is 24.7 Å². The van der Waals surface area contributed by atoms with Gasteiger partial charge in [0.25, 0.3) is 5.56 Å². The lowest BCUT2D eigenvalue weighted by Crippen LogP contribution is -2.42. The van der Waals surface area contributed by atoms with Crippen LogP contribution in [0.3, 0.4) is 0 Å². The van der Waals surface area contributed by atoms with Crippen molar-refractivity contribution in [3.8, 4) is 5.06 Å². The van der Waals surface area contributed by atoms with E-state index < -0.39 is 37.3 Å². The van der Waals surface area contributed by atoms with Crippen molar-refractivity contribution in [1.82, 2.24) is 14.7 Å². The van der Waals surface area contributed by atoms with E-state index in [0.717, 1.165) is 0 Å². The zero-order chi connectivity index (χ0) is 22.8. The molecule has 2 aromatic rings. The van der Waals surface area contributed by atoms with Gasteiger partial charge >= 0.3 is 4.87 Å². The summed E-state index contributed by atoms with van der Waals surface area (Å²) in [5.74, 6) is -0.894. The van der Waals surface area contributed by atoms with Gasteiger partial charge in [-0.1, -0.05) is 11.6 Å². The maximum absolute atomic E-state index is 12.7. The number of carbonyl (C=O) groups excluding carboxylic acids is 1. The fraction of sp³-hybridized carbons (Fsp3) is 0.333. The third kappa shape index (κ3) is 5.21. The summed E-state index contributed by atoms with van der Waals surface area (Å²) in [6.45, 7) is 1.74. The first kappa shape index (κ1) is 23.1. The van der Waals surface area contributed by atoms with Gasteiger partial charge in [0.15, 0.2) is 5.06 Å². The maximum atomic E-state index is 12.7. The number of nitrogens with zero attached hydrogens (tertiary/aromatic N) is 2. The number of carbonyl (C=O) groups is 1. The van der Waals surface area contributed by atoms with E-state index in [1.807, 2.05) is 4.98 Å². The number of H-pyrrole nitrogens is 1. The molecule has 1 aliphatic rings. The summed E-state index contributed by atoms with van der Waals surface area (Å²) in [4.78, 5) is 36.9. The molecule has 166 valence electrons. The zero-order valence-corrected chi connectivity index (χ0v) is 18.7. The van der Waals surface area contributed by atoms with Crippen LogP contribution in [-0.2, 0) is 14.8 Å². The largest absolute Gasteiger partial charge is 0.499 e. The van der Waals surface area contributed by atoms with Gasteiger partial charge in [-0.15, -0.1) is 0 Å². The van der Waals surface area contributed by atoms with Crippen molar-refractivity contribution in [2.75, 3.05) is 13.1 Å². The van der Waals surface area contributed by atoms with E-state index in [2.05, 4.69) is 10.5 Å². The molecule has 1 aromatic heterocycles. The molecule has 3 rings (SSSR count). The molecule has 2 heterocycles. The van der Waals surface area contributed by atoms with Crippen LogP contribution in [0.2, 0.25) is 5.02 Å². The van der Waals surface area contributed by atoms with Crippen molar-refractivity contribution in [3.05, 3.63) is 54.9 Å². The minimum atomic E-state index is -3.68. The number of aromatic amines is 1. The normalized spacial score (nSPS) is 16.3. The minimum absolute atomic E-state index is 0.0334. The van der Waals surface area contributed by atoms with Gasteiger partial charge in [-0.2, -0.15) is 9.41 Å². The van der Waals surface area contributed by atoms with Crippen molar-refractivity contribution in [2.24, 2.45) is 11.0 Å². The van der Waals surface area contributed by atoms with Crippen LogP contribution < -0.4 is 15.9 Å². The van der Waals surface area contributed by atoms with Crippen molar-refractivity contribution < 1.29 is 18.3 Å². The predicted octanol–water partition coefficient (Wildman–Crippen LogP) is 1.10. The molecule has 1 saturated heterocycles. The van der Waals surface area contributed by atoms with Crippen LogP contribution in [0, 0.1) is 5.92 Å². The summed E-state index contributed by atoms with van der Waals surface area (Å²) in [7, 11) is -3.68. The second-order valence-electron chi connectivity index (χ2n) is 6.83. The molecule has 0 unspecified atom stereocenters. The quantitative estimate of drug-likeness (QED) is 0.425. The lowest BCUT2D eigenvalue weighted by Gasteiger charge is -2.30. The number of sulfonamides is 1. The Morgan fingerprint density at radius 2 is 1.87 bits per heavy atom. The van der Waals surface area contributed by atoms with Gasteiger partial charge < -0.3 is 5.11 Å². The number of hydrazone groups is 1. The highest BCUT2D eigenvalue weighted by Gasteiger charge is 2.32. The van der Waals surface area contributed by atoms with Gasteiger partial charge in [0.1, 0.15) is 5.56 Å². The average molecular weight is 487 g/mol. The Morgan fingerprint density at radius 1 is 1.26 bits per heavy atom. The van der Waals surface area contributed by atoms with E-state index in [9.17, 15) is 27.9 Å². The van der Waals surface area contributed by atoms with Gasteiger partial charge in [-0.05, 0) is 55.4 Å². The Balaban J connectivity index is 1.63. The third-order valence-electron chi connectivity index (χ3n) is 4.82. The van der Waals surface area contributed by atoms with Crippen molar-refractivity contribution >= 4 is 44.6 Å². The first-order valence-corrected chi connectivity index (χ1v) is 11.8. The van der Waals surface area contributed by atoms with Gasteiger partial charge in [-0.25, -0.2) is 13.8 Å². The molecule has 1 aromatic carbocycles. The number of piperidine rings is 1. The number of benzene rings is 1. The number of nitrogens with one attached hydrogen (secondary N) is 2. The Kier molecular flexibility index (Phi) is 6.94. The lowest BCUT2D eigenvalue weighted by molar-refractivity contribution is -0.126. The second-order valence-corrected chi connectivity index (χ2v) is 10.2. The molecule has 1 amide bonds. The molecular weight excluding hydrogens is 468 g/mol. The molecule has 0 saturated carbocycles. The standard InChI is InChI=1S/C18H19ClN4O6S2/c1-10(14-16(25)20-18(27)30-17(14)26)21-22-15(24)11-6-8-23(9-7-11)31(28,29)13-4-2-12(19)3-5-13/h2-5,11,26H,6-9H2,1H3,(H,22,24)(H,20,25,27)/b21-10+. The zero-order valence-electron chi connectivity index (χ0n) is 16.3. The van der Waals surface area contributed by atoms with E-state index in [-0.39, 0.29) is 29.3 Å². The van der Waals surface area contributed by atoms with Crippen LogP contribution in [0.1, 0.15) is 25.3 Å². The van der Waals surface area contributed by atoms with E-state index in [1.54, 1.807) is 0 Å². The number of hydrogen-bond acceptors (Lipinski definition) is 8. The highest BCUT2D eigenvalue weighted by atomic mass is 35.5. The summed E-state index contributed by atoms with van der Waals surface area (Å²) in [6.07, 6.45) is 0.595. The molecule has 3 N–H and O–H groups in total. The van der Waals surface area contributed by atoms with Crippen LogP contribution in [0.15, 0.2) is 43.9 Å². The van der Waals surface area contributed by atoms with Crippen LogP contribution in [-0.4, -0.2) is 47.5 Å². The molecule has 13 heteroatoms. The molecular formula is C18H19ClN4O6S2. The Labute approximate surface area is 186 Å². The topological polar surface area (TPSA) is 149 Å². The molecule has 10 nitrogen and oxygen atoms in total. The highest BCUT2D eigenvalue weighted by molar-refractivity contribution is 7.89. The van der Waals surface area contributed by atoms with Gasteiger partial charge in [0, 0.05) is 24.0 Å². The van der Waals surface area contributed by atoms with Crippen molar-refractivity contribution in [1.29, 1.82) is 0 Å². The third-order valence-corrected chi connectivity index (χ3v) is 7.67. The summed E-state index contributed by atoms with van der Waals surface area (Å²) in [6, 6.07) is 5.88. The number of aromatic nitrogens is 1. The monoisotopic (exact) mass is 486 g/mol. The highest BCUT2D eigenvalue weighted by Crippen LogP contribution is 2.25. The molecule has 1 fully saturated rings. The van der Waals surface area contributed by atoms with Gasteiger partial charge in [-0.3, -0.25) is 19.4 Å². The van der Waals surface area contributed by atoms with Gasteiger partial charge in [0.2, 0.25) is 15.9 Å². The maximum Gasteiger partial charge on any atom is 0.310 e. The molecule has 31 heavy (non-hydrogen) atoms. The number of hydrogen-bond donors (Lipinski definition) is 3. The fourth-order valence-corrected chi connectivity index (χ4v) is 5.39. The Morgan fingerprint density at radius 3 is 2.45 bits per heavy atom. The number of halogens is 1. The first-order valence-electron chi connectivity index (χ1n) is 9.16. The van der Waals surface area contributed by atoms with Crippen LogP contribution >= 0.6 is 22.9 Å². The molecule has 0 bridgehead atoms. The van der Waals surface area contributed by atoms with E-state index in [4.69, 9.17) is 11.6 Å². The average Bonchev–Trinajstić information content (AvgIpc) is 2.71. The summed E-state index contributed by atoms with van der Waals surface area (Å²) < 4.78 is 26.8. The number of rotatable bonds is 5. The molecule has 0 aliphatic carbocycles.